The molecule has 0 radical (unpaired) electrons. The maximum atomic E-state index is 5.41. The molecule has 0 atom stereocenters. The van der Waals surface area contributed by atoms with Crippen molar-refractivity contribution in [2.24, 2.45) is 0 Å². The third kappa shape index (κ3) is 4.70. The van der Waals surface area contributed by atoms with Gasteiger partial charge in [0.15, 0.2) is 0 Å². The number of nitrogens with zero attached hydrogens (tertiary/aromatic N) is 3. The van der Waals surface area contributed by atoms with Gasteiger partial charge in [-0.25, -0.2) is 9.97 Å². The molecule has 4 rings (SSSR count). The van der Waals surface area contributed by atoms with Crippen molar-refractivity contribution in [1.29, 1.82) is 0 Å². The summed E-state index contributed by atoms with van der Waals surface area (Å²) in [6.07, 6.45) is 0. The molecule has 27 heavy (non-hydrogen) atoms. The highest BCUT2D eigenvalue weighted by Crippen LogP contribution is 2.22. The lowest BCUT2D eigenvalue weighted by Crippen LogP contribution is -2.35. The summed E-state index contributed by atoms with van der Waals surface area (Å²) in [5.74, 6) is 1.56. The third-order valence-corrected chi connectivity index (χ3v) is 4.64. The van der Waals surface area contributed by atoms with Crippen LogP contribution in [0.4, 0.5) is 11.5 Å². The minimum atomic E-state index is 0.753. The zero-order chi connectivity index (χ0) is 18.5. The molecule has 138 valence electrons. The number of benzene rings is 2. The minimum Gasteiger partial charge on any atom is -0.379 e. The maximum absolute atomic E-state index is 5.41. The molecule has 1 N–H and O–H groups in total. The SMILES string of the molecule is Cc1nc(Nc2ccc(CN3CCOCC3)cc2)cc(-c2ccccc2)n1. The van der Waals surface area contributed by atoms with Gasteiger partial charge >= 0.3 is 0 Å². The van der Waals surface area contributed by atoms with E-state index < -0.39 is 0 Å². The van der Waals surface area contributed by atoms with Crippen LogP contribution in [0.5, 0.6) is 0 Å². The van der Waals surface area contributed by atoms with Gasteiger partial charge in [0.05, 0.1) is 18.9 Å². The summed E-state index contributed by atoms with van der Waals surface area (Å²) >= 11 is 0. The van der Waals surface area contributed by atoms with Crippen molar-refractivity contribution >= 4 is 11.5 Å². The van der Waals surface area contributed by atoms with Crippen molar-refractivity contribution in [1.82, 2.24) is 14.9 Å². The lowest BCUT2D eigenvalue weighted by atomic mass is 10.1. The summed E-state index contributed by atoms with van der Waals surface area (Å²) in [4.78, 5) is 11.5. The molecule has 0 bridgehead atoms. The van der Waals surface area contributed by atoms with Gasteiger partial charge in [-0.2, -0.15) is 0 Å². The molecule has 3 aromatic rings. The van der Waals surface area contributed by atoms with Gasteiger partial charge in [-0.05, 0) is 24.6 Å². The molecule has 1 aliphatic heterocycles. The summed E-state index contributed by atoms with van der Waals surface area (Å²) in [6.45, 7) is 6.55. The Morgan fingerprint density at radius 3 is 2.44 bits per heavy atom. The number of anilines is 2. The molecule has 0 saturated carbocycles. The number of ether oxygens (including phenoxy) is 1. The van der Waals surface area contributed by atoms with E-state index in [-0.39, 0.29) is 0 Å². The van der Waals surface area contributed by atoms with E-state index in [1.165, 1.54) is 5.56 Å². The molecule has 1 saturated heterocycles. The van der Waals surface area contributed by atoms with Crippen LogP contribution in [-0.4, -0.2) is 41.2 Å². The molecule has 1 fully saturated rings. The van der Waals surface area contributed by atoms with Crippen LogP contribution in [0, 0.1) is 6.92 Å². The summed E-state index contributed by atoms with van der Waals surface area (Å²) in [6, 6.07) is 20.7. The molecule has 2 aromatic carbocycles. The standard InChI is InChI=1S/C22H24N4O/c1-17-23-21(19-5-3-2-4-6-19)15-22(24-17)25-20-9-7-18(8-10-20)16-26-11-13-27-14-12-26/h2-10,15H,11-14,16H2,1H3,(H,23,24,25). The Morgan fingerprint density at radius 2 is 1.70 bits per heavy atom. The highest BCUT2D eigenvalue weighted by molar-refractivity contribution is 5.65. The van der Waals surface area contributed by atoms with E-state index in [2.05, 4.69) is 56.6 Å². The van der Waals surface area contributed by atoms with Crippen LogP contribution >= 0.6 is 0 Å². The molecule has 5 heteroatoms. The normalized spacial score (nSPS) is 14.9. The Kier molecular flexibility index (Phi) is 5.42. The van der Waals surface area contributed by atoms with Gasteiger partial charge in [0.25, 0.3) is 0 Å². The smallest absolute Gasteiger partial charge is 0.134 e. The van der Waals surface area contributed by atoms with E-state index in [1.807, 2.05) is 31.2 Å². The fourth-order valence-corrected chi connectivity index (χ4v) is 3.25. The van der Waals surface area contributed by atoms with E-state index in [9.17, 15) is 0 Å². The van der Waals surface area contributed by atoms with Gasteiger partial charge in [-0.1, -0.05) is 42.5 Å². The molecular formula is C22H24N4O. The Hall–Kier alpha value is -2.76. The number of hydrogen-bond acceptors (Lipinski definition) is 5. The van der Waals surface area contributed by atoms with Crippen LogP contribution in [0.25, 0.3) is 11.3 Å². The van der Waals surface area contributed by atoms with Crippen molar-refractivity contribution in [3.63, 3.8) is 0 Å². The van der Waals surface area contributed by atoms with E-state index in [0.29, 0.717) is 0 Å². The second kappa shape index (κ2) is 8.29. The highest BCUT2D eigenvalue weighted by atomic mass is 16.5. The van der Waals surface area contributed by atoms with Crippen LogP contribution in [0.15, 0.2) is 60.7 Å². The summed E-state index contributed by atoms with van der Waals surface area (Å²) in [7, 11) is 0. The first-order chi connectivity index (χ1) is 13.3. The molecule has 0 unspecified atom stereocenters. The molecule has 0 aliphatic carbocycles. The monoisotopic (exact) mass is 360 g/mol. The number of aromatic nitrogens is 2. The van der Waals surface area contributed by atoms with Gasteiger partial charge in [0.2, 0.25) is 0 Å². The fraction of sp³-hybridized carbons (Fsp3) is 0.273. The Balaban J connectivity index is 1.46. The number of aryl methyl sites for hydroxylation is 1. The van der Waals surface area contributed by atoms with E-state index >= 15 is 0 Å². The molecule has 1 aliphatic rings. The lowest BCUT2D eigenvalue weighted by Gasteiger charge is -2.26. The largest absolute Gasteiger partial charge is 0.379 e. The zero-order valence-electron chi connectivity index (χ0n) is 15.6. The average Bonchev–Trinajstić information content (AvgIpc) is 2.71. The number of nitrogens with one attached hydrogen (secondary N) is 1. The van der Waals surface area contributed by atoms with Gasteiger partial charge in [-0.3, -0.25) is 4.90 Å². The zero-order valence-corrected chi connectivity index (χ0v) is 15.6. The van der Waals surface area contributed by atoms with Crippen molar-refractivity contribution < 1.29 is 4.74 Å². The van der Waals surface area contributed by atoms with Crippen LogP contribution in [0.2, 0.25) is 0 Å². The predicted molar refractivity (Wildman–Crippen MR) is 108 cm³/mol. The van der Waals surface area contributed by atoms with E-state index in [0.717, 1.165) is 61.4 Å². The van der Waals surface area contributed by atoms with Gasteiger partial charge in [-0.15, -0.1) is 0 Å². The van der Waals surface area contributed by atoms with E-state index in [4.69, 9.17) is 4.74 Å². The van der Waals surface area contributed by atoms with Crippen LogP contribution in [0.3, 0.4) is 0 Å². The van der Waals surface area contributed by atoms with Crippen LogP contribution < -0.4 is 5.32 Å². The van der Waals surface area contributed by atoms with Crippen LogP contribution in [0.1, 0.15) is 11.4 Å². The summed E-state index contributed by atoms with van der Waals surface area (Å²) < 4.78 is 5.41. The summed E-state index contributed by atoms with van der Waals surface area (Å²) in [5, 5.41) is 3.40. The van der Waals surface area contributed by atoms with Gasteiger partial charge < -0.3 is 10.1 Å². The Morgan fingerprint density at radius 1 is 0.963 bits per heavy atom. The minimum absolute atomic E-state index is 0.753. The first-order valence-electron chi connectivity index (χ1n) is 9.33. The lowest BCUT2D eigenvalue weighted by molar-refractivity contribution is 0.0342. The molecule has 0 amide bonds. The fourth-order valence-electron chi connectivity index (χ4n) is 3.25. The molecule has 0 spiro atoms. The Bertz CT molecular complexity index is 875. The third-order valence-electron chi connectivity index (χ3n) is 4.64. The molecule has 5 nitrogen and oxygen atoms in total. The van der Waals surface area contributed by atoms with Gasteiger partial charge in [0, 0.05) is 37.0 Å². The van der Waals surface area contributed by atoms with Crippen molar-refractivity contribution in [2.75, 3.05) is 31.6 Å². The number of morpholine rings is 1. The molecular weight excluding hydrogens is 336 g/mol. The van der Waals surface area contributed by atoms with Crippen molar-refractivity contribution in [3.05, 3.63) is 72.1 Å². The second-order valence-corrected chi connectivity index (χ2v) is 6.76. The second-order valence-electron chi connectivity index (χ2n) is 6.76. The average molecular weight is 360 g/mol. The first-order valence-corrected chi connectivity index (χ1v) is 9.33. The first kappa shape index (κ1) is 17.6. The molecule has 2 heterocycles. The number of hydrogen-bond donors (Lipinski definition) is 1. The summed E-state index contributed by atoms with van der Waals surface area (Å²) in [5.41, 5.74) is 4.35. The molecule has 1 aromatic heterocycles. The van der Waals surface area contributed by atoms with Crippen molar-refractivity contribution in [2.45, 2.75) is 13.5 Å². The topological polar surface area (TPSA) is 50.3 Å². The van der Waals surface area contributed by atoms with Crippen LogP contribution in [-0.2, 0) is 11.3 Å². The Labute approximate surface area is 160 Å². The quantitative estimate of drug-likeness (QED) is 0.744. The highest BCUT2D eigenvalue weighted by Gasteiger charge is 2.10. The number of rotatable bonds is 5. The van der Waals surface area contributed by atoms with E-state index in [1.54, 1.807) is 0 Å². The maximum Gasteiger partial charge on any atom is 0.134 e. The van der Waals surface area contributed by atoms with Gasteiger partial charge in [0.1, 0.15) is 11.6 Å². The predicted octanol–water partition coefficient (Wildman–Crippen LogP) is 4.03. The van der Waals surface area contributed by atoms with Crippen molar-refractivity contribution in [3.8, 4) is 11.3 Å².